The molecule has 8 heteroatoms. The van der Waals surface area contributed by atoms with Crippen molar-refractivity contribution in [2.45, 2.75) is 6.54 Å². The highest BCUT2D eigenvalue weighted by Gasteiger charge is 2.22. The number of aromatic nitrogens is 3. The zero-order valence-electron chi connectivity index (χ0n) is 16.8. The molecule has 1 aliphatic heterocycles. The minimum absolute atomic E-state index is 0.0273. The number of nitrogens with two attached hydrogens (primary N) is 1. The molecule has 4 heterocycles. The van der Waals surface area contributed by atoms with Crippen molar-refractivity contribution < 1.29 is 9.59 Å². The van der Waals surface area contributed by atoms with E-state index in [2.05, 4.69) is 25.8 Å². The van der Waals surface area contributed by atoms with Gasteiger partial charge in [-0.25, -0.2) is 4.98 Å². The largest absolute Gasteiger partial charge is 0.366 e. The van der Waals surface area contributed by atoms with Crippen LogP contribution in [0.25, 0.3) is 28.2 Å². The van der Waals surface area contributed by atoms with E-state index in [4.69, 9.17) is 10.7 Å². The quantitative estimate of drug-likeness (QED) is 0.464. The Morgan fingerprint density at radius 2 is 1.90 bits per heavy atom. The number of carbonyl (C=O) groups is 2. The summed E-state index contributed by atoms with van der Waals surface area (Å²) in [6.07, 6.45) is 3.96. The number of fused-ring (bicyclic) bond motifs is 1. The second-order valence-corrected chi connectivity index (χ2v) is 7.64. The molecule has 0 spiro atoms. The van der Waals surface area contributed by atoms with Crippen LogP contribution in [0.3, 0.4) is 0 Å². The Kier molecular flexibility index (Phi) is 4.76. The molecule has 3 aromatic heterocycles. The van der Waals surface area contributed by atoms with E-state index >= 15 is 0 Å². The van der Waals surface area contributed by atoms with Crippen molar-refractivity contribution in [3.63, 3.8) is 0 Å². The molecule has 1 aliphatic rings. The van der Waals surface area contributed by atoms with Gasteiger partial charge in [-0.15, -0.1) is 0 Å². The second kappa shape index (κ2) is 7.73. The number of carbonyl (C=O) groups excluding carboxylic acids is 2. The molecule has 1 fully saturated rings. The lowest BCUT2D eigenvalue weighted by Gasteiger charge is -2.26. The smallest absolute Gasteiger partial charge is 0.248 e. The van der Waals surface area contributed by atoms with E-state index in [1.54, 1.807) is 12.1 Å². The summed E-state index contributed by atoms with van der Waals surface area (Å²) in [5, 5.41) is 2.87. The second-order valence-electron chi connectivity index (χ2n) is 7.64. The van der Waals surface area contributed by atoms with Crippen LogP contribution in [0.4, 0.5) is 0 Å². The van der Waals surface area contributed by atoms with E-state index in [1.807, 2.05) is 42.6 Å². The van der Waals surface area contributed by atoms with Crippen LogP contribution in [0.5, 0.6) is 0 Å². The van der Waals surface area contributed by atoms with Crippen LogP contribution in [0.1, 0.15) is 16.1 Å². The van der Waals surface area contributed by atoms with Gasteiger partial charge in [0.25, 0.3) is 0 Å². The number of hydrogen-bond acceptors (Lipinski definition) is 4. The predicted octanol–water partition coefficient (Wildman–Crippen LogP) is 2.03. The molecular weight excluding hydrogens is 392 g/mol. The van der Waals surface area contributed by atoms with Gasteiger partial charge in [-0.3, -0.25) is 14.5 Å². The zero-order chi connectivity index (χ0) is 21.4. The number of imidazole rings is 1. The van der Waals surface area contributed by atoms with Crippen molar-refractivity contribution in [1.29, 1.82) is 0 Å². The minimum Gasteiger partial charge on any atom is -0.366 e. The predicted molar refractivity (Wildman–Crippen MR) is 117 cm³/mol. The lowest BCUT2D eigenvalue weighted by Crippen LogP contribution is -2.47. The fraction of sp³-hybridized carbons (Fsp3) is 0.174. The van der Waals surface area contributed by atoms with Crippen LogP contribution in [-0.2, 0) is 11.3 Å². The van der Waals surface area contributed by atoms with Crippen LogP contribution >= 0.6 is 0 Å². The number of nitrogens with zero attached hydrogens (tertiary/aromatic N) is 3. The number of aromatic amines is 1. The highest BCUT2D eigenvalue weighted by molar-refractivity contribution is 5.93. The topological polar surface area (TPSA) is 109 Å². The first-order valence-electron chi connectivity index (χ1n) is 10.1. The summed E-state index contributed by atoms with van der Waals surface area (Å²) in [6.45, 7) is 2.33. The van der Waals surface area contributed by atoms with E-state index in [9.17, 15) is 9.59 Å². The first-order valence-corrected chi connectivity index (χ1v) is 10.1. The van der Waals surface area contributed by atoms with Gasteiger partial charge in [0, 0.05) is 54.4 Å². The molecule has 0 radical (unpaired) electrons. The number of H-pyrrole nitrogens is 1. The molecule has 0 unspecified atom stereocenters. The van der Waals surface area contributed by atoms with E-state index < -0.39 is 5.91 Å². The van der Waals surface area contributed by atoms with Crippen LogP contribution in [0.15, 0.2) is 60.9 Å². The Morgan fingerprint density at radius 1 is 1.10 bits per heavy atom. The fourth-order valence-corrected chi connectivity index (χ4v) is 3.98. The van der Waals surface area contributed by atoms with Gasteiger partial charge in [-0.1, -0.05) is 12.1 Å². The van der Waals surface area contributed by atoms with Gasteiger partial charge in [-0.05, 0) is 36.4 Å². The maximum Gasteiger partial charge on any atom is 0.248 e. The maximum absolute atomic E-state index is 11.9. The molecule has 4 N–H and O–H groups in total. The van der Waals surface area contributed by atoms with Gasteiger partial charge in [-0.2, -0.15) is 0 Å². The monoisotopic (exact) mass is 414 g/mol. The van der Waals surface area contributed by atoms with E-state index in [0.29, 0.717) is 25.2 Å². The molecule has 156 valence electrons. The van der Waals surface area contributed by atoms with Crippen LogP contribution in [0.2, 0.25) is 0 Å². The Balaban J connectivity index is 1.62. The standard InChI is InChI=1S/C23H22N6O2/c24-23(31)16-5-3-15(4-6-16)22-19(13-28-11-10-26-21(30)14-28)29-12-17(7-8-20(29)27-22)18-2-1-9-25-18/h1-9,12,25H,10-11,13-14H2,(H2,24,31)(H,26,30). The fourth-order valence-electron chi connectivity index (χ4n) is 3.98. The molecule has 4 aromatic rings. The average Bonchev–Trinajstić information content (AvgIpc) is 3.42. The number of benzene rings is 1. The van der Waals surface area contributed by atoms with Gasteiger partial charge < -0.3 is 20.4 Å². The van der Waals surface area contributed by atoms with Gasteiger partial charge in [0.15, 0.2) is 0 Å². The summed E-state index contributed by atoms with van der Waals surface area (Å²) < 4.78 is 2.08. The van der Waals surface area contributed by atoms with Crippen molar-refractivity contribution in [2.75, 3.05) is 19.6 Å². The molecule has 1 aromatic carbocycles. The molecule has 8 nitrogen and oxygen atoms in total. The summed E-state index contributed by atoms with van der Waals surface area (Å²) in [7, 11) is 0. The number of pyridine rings is 1. The van der Waals surface area contributed by atoms with Gasteiger partial charge in [0.05, 0.1) is 17.9 Å². The van der Waals surface area contributed by atoms with Crippen LogP contribution in [-0.4, -0.2) is 50.7 Å². The molecule has 0 saturated carbocycles. The van der Waals surface area contributed by atoms with E-state index in [1.165, 1.54) is 0 Å². The van der Waals surface area contributed by atoms with Crippen molar-refractivity contribution >= 4 is 17.5 Å². The molecule has 5 rings (SSSR count). The number of amides is 2. The van der Waals surface area contributed by atoms with Gasteiger partial charge in [0.1, 0.15) is 5.65 Å². The number of hydrogen-bond donors (Lipinski definition) is 3. The highest BCUT2D eigenvalue weighted by Crippen LogP contribution is 2.28. The number of nitrogens with one attached hydrogen (secondary N) is 2. The van der Waals surface area contributed by atoms with Crippen molar-refractivity contribution in [1.82, 2.24) is 24.6 Å². The van der Waals surface area contributed by atoms with Crippen molar-refractivity contribution in [3.8, 4) is 22.5 Å². The Morgan fingerprint density at radius 3 is 2.61 bits per heavy atom. The average molecular weight is 414 g/mol. The van der Waals surface area contributed by atoms with E-state index in [-0.39, 0.29) is 5.91 Å². The lowest BCUT2D eigenvalue weighted by molar-refractivity contribution is -0.124. The summed E-state index contributed by atoms with van der Waals surface area (Å²) in [5.41, 5.74) is 11.4. The molecule has 2 amide bonds. The van der Waals surface area contributed by atoms with Crippen molar-refractivity contribution in [3.05, 3.63) is 72.2 Å². The normalized spacial score (nSPS) is 14.6. The first-order chi connectivity index (χ1) is 15.1. The molecule has 0 bridgehead atoms. The number of primary amides is 1. The Labute approximate surface area is 178 Å². The zero-order valence-corrected chi connectivity index (χ0v) is 16.8. The molecule has 0 aliphatic carbocycles. The third-order valence-corrected chi connectivity index (χ3v) is 5.56. The summed E-state index contributed by atoms with van der Waals surface area (Å²) in [4.78, 5) is 33.6. The summed E-state index contributed by atoms with van der Waals surface area (Å²) in [6, 6.07) is 15.2. The minimum atomic E-state index is -0.461. The van der Waals surface area contributed by atoms with Crippen LogP contribution in [0, 0.1) is 0 Å². The SMILES string of the molecule is NC(=O)c1ccc(-c2nc3ccc(-c4ccc[nH]4)cn3c2CN2CCNC(=O)C2)cc1. The number of rotatable bonds is 5. The third-order valence-electron chi connectivity index (χ3n) is 5.56. The summed E-state index contributed by atoms with van der Waals surface area (Å²) in [5.74, 6) is -0.434. The lowest BCUT2D eigenvalue weighted by atomic mass is 10.1. The molecule has 0 atom stereocenters. The van der Waals surface area contributed by atoms with Gasteiger partial charge in [0.2, 0.25) is 11.8 Å². The molecule has 1 saturated heterocycles. The van der Waals surface area contributed by atoms with E-state index in [0.717, 1.165) is 40.4 Å². The number of piperazine rings is 1. The van der Waals surface area contributed by atoms with Crippen molar-refractivity contribution in [2.24, 2.45) is 5.73 Å². The third kappa shape index (κ3) is 3.69. The molecular formula is C23H22N6O2. The van der Waals surface area contributed by atoms with Gasteiger partial charge >= 0.3 is 0 Å². The Bertz CT molecular complexity index is 1260. The summed E-state index contributed by atoms with van der Waals surface area (Å²) >= 11 is 0. The van der Waals surface area contributed by atoms with Crippen LogP contribution < -0.4 is 11.1 Å². The highest BCUT2D eigenvalue weighted by atomic mass is 16.2. The molecule has 31 heavy (non-hydrogen) atoms. The Hall–Kier alpha value is -3.91. The first kappa shape index (κ1) is 19.1. The maximum atomic E-state index is 11.9.